The first-order valence-electron chi connectivity index (χ1n) is 7.01. The Kier molecular flexibility index (Phi) is 6.51. The van der Waals surface area contributed by atoms with E-state index in [1.54, 1.807) is 11.8 Å². The maximum Gasteiger partial charge on any atom is 0.307 e. The first kappa shape index (κ1) is 16.5. The third-order valence-electron chi connectivity index (χ3n) is 3.07. The van der Waals surface area contributed by atoms with E-state index < -0.39 is 0 Å². The van der Waals surface area contributed by atoms with Crippen molar-refractivity contribution in [1.82, 2.24) is 15.1 Å². The third-order valence-corrected chi connectivity index (χ3v) is 3.07. The minimum Gasteiger partial charge on any atom is -0.481 e. The molecule has 1 rings (SSSR count). The molecule has 1 atom stereocenters. The van der Waals surface area contributed by atoms with Crippen LogP contribution in [-0.2, 0) is 16.6 Å². The van der Waals surface area contributed by atoms with Crippen LogP contribution in [0.2, 0.25) is 0 Å². The maximum absolute atomic E-state index is 11.8. The summed E-state index contributed by atoms with van der Waals surface area (Å²) in [6.45, 7) is 7.03. The van der Waals surface area contributed by atoms with E-state index in [1.807, 2.05) is 20.9 Å². The number of carbonyl (C=O) groups excluding carboxylic acids is 1. The molecule has 114 valence electrons. The standard InChI is InChI=1S/C14H25N3O3/c1-6-8-15-11(9-12(18)20-7-2)13-10(3)16-17(4)14(13)19-5/h11,15H,6-9H2,1-5H3. The molecule has 0 amide bonds. The van der Waals surface area contributed by atoms with Gasteiger partial charge in [0.15, 0.2) is 0 Å². The van der Waals surface area contributed by atoms with Gasteiger partial charge in [-0.3, -0.25) is 4.79 Å². The molecule has 20 heavy (non-hydrogen) atoms. The molecule has 1 aromatic heterocycles. The Balaban J connectivity index is 3.00. The molecule has 1 heterocycles. The highest BCUT2D eigenvalue weighted by Crippen LogP contribution is 2.30. The highest BCUT2D eigenvalue weighted by molar-refractivity contribution is 5.70. The summed E-state index contributed by atoms with van der Waals surface area (Å²) < 4.78 is 12.1. The lowest BCUT2D eigenvalue weighted by Gasteiger charge is -2.18. The van der Waals surface area contributed by atoms with Gasteiger partial charge in [0, 0.05) is 13.1 Å². The number of aryl methyl sites for hydroxylation is 2. The van der Waals surface area contributed by atoms with Crippen LogP contribution >= 0.6 is 0 Å². The second-order valence-electron chi connectivity index (χ2n) is 4.65. The lowest BCUT2D eigenvalue weighted by molar-refractivity contribution is -0.143. The van der Waals surface area contributed by atoms with Gasteiger partial charge >= 0.3 is 5.97 Å². The molecule has 0 aliphatic heterocycles. The molecule has 1 N–H and O–H groups in total. The van der Waals surface area contributed by atoms with Crippen molar-refractivity contribution in [2.24, 2.45) is 7.05 Å². The third kappa shape index (κ3) is 3.96. The van der Waals surface area contributed by atoms with Crippen molar-refractivity contribution in [3.8, 4) is 5.88 Å². The fraction of sp³-hybridized carbons (Fsp3) is 0.714. The van der Waals surface area contributed by atoms with Gasteiger partial charge < -0.3 is 14.8 Å². The predicted octanol–water partition coefficient (Wildman–Crippen LogP) is 1.73. The molecule has 0 saturated carbocycles. The highest BCUT2D eigenvalue weighted by atomic mass is 16.5. The number of nitrogens with one attached hydrogen (secondary N) is 1. The quantitative estimate of drug-likeness (QED) is 0.736. The van der Waals surface area contributed by atoms with Crippen molar-refractivity contribution in [3.63, 3.8) is 0 Å². The first-order chi connectivity index (χ1) is 9.54. The van der Waals surface area contributed by atoms with Gasteiger partial charge in [-0.1, -0.05) is 6.92 Å². The summed E-state index contributed by atoms with van der Waals surface area (Å²) >= 11 is 0. The number of ether oxygens (including phenoxy) is 2. The van der Waals surface area contributed by atoms with E-state index in [1.165, 1.54) is 0 Å². The Morgan fingerprint density at radius 1 is 1.45 bits per heavy atom. The molecule has 0 fully saturated rings. The van der Waals surface area contributed by atoms with Gasteiger partial charge in [-0.15, -0.1) is 0 Å². The van der Waals surface area contributed by atoms with Crippen LogP contribution in [0.25, 0.3) is 0 Å². The fourth-order valence-electron chi connectivity index (χ4n) is 2.28. The van der Waals surface area contributed by atoms with Gasteiger partial charge in [0.2, 0.25) is 5.88 Å². The zero-order valence-electron chi connectivity index (χ0n) is 13.0. The lowest BCUT2D eigenvalue weighted by Crippen LogP contribution is -2.26. The lowest BCUT2D eigenvalue weighted by atomic mass is 10.0. The Hall–Kier alpha value is -1.56. The Labute approximate surface area is 120 Å². The topological polar surface area (TPSA) is 65.4 Å². The molecule has 0 aliphatic carbocycles. The first-order valence-corrected chi connectivity index (χ1v) is 7.01. The highest BCUT2D eigenvalue weighted by Gasteiger charge is 2.25. The number of aromatic nitrogens is 2. The molecule has 1 aromatic rings. The summed E-state index contributed by atoms with van der Waals surface area (Å²) in [5.74, 6) is 0.465. The summed E-state index contributed by atoms with van der Waals surface area (Å²) in [6.07, 6.45) is 1.26. The van der Waals surface area contributed by atoms with Crippen LogP contribution in [0.15, 0.2) is 0 Å². The predicted molar refractivity (Wildman–Crippen MR) is 76.8 cm³/mol. The molecule has 1 unspecified atom stereocenters. The molecule has 0 spiro atoms. The molecule has 0 bridgehead atoms. The van der Waals surface area contributed by atoms with Crippen molar-refractivity contribution >= 4 is 5.97 Å². The van der Waals surface area contributed by atoms with Gasteiger partial charge in [-0.25, -0.2) is 4.68 Å². The minimum absolute atomic E-state index is 0.141. The van der Waals surface area contributed by atoms with Crippen molar-refractivity contribution in [2.75, 3.05) is 20.3 Å². The second kappa shape index (κ2) is 7.89. The second-order valence-corrected chi connectivity index (χ2v) is 4.65. The molecule has 6 nitrogen and oxygen atoms in total. The van der Waals surface area contributed by atoms with Gasteiger partial charge in [0.05, 0.1) is 31.4 Å². The van der Waals surface area contributed by atoms with Crippen LogP contribution in [0.1, 0.15) is 44.0 Å². The number of hydrogen-bond acceptors (Lipinski definition) is 5. The van der Waals surface area contributed by atoms with Crippen molar-refractivity contribution in [1.29, 1.82) is 0 Å². The summed E-state index contributed by atoms with van der Waals surface area (Å²) in [6, 6.07) is -0.141. The zero-order valence-corrected chi connectivity index (χ0v) is 13.0. The molecule has 0 radical (unpaired) electrons. The fourth-order valence-corrected chi connectivity index (χ4v) is 2.28. The van der Waals surface area contributed by atoms with E-state index in [2.05, 4.69) is 17.3 Å². The number of methoxy groups -OCH3 is 1. The smallest absolute Gasteiger partial charge is 0.307 e. The van der Waals surface area contributed by atoms with Crippen LogP contribution in [-0.4, -0.2) is 36.0 Å². The van der Waals surface area contributed by atoms with E-state index in [4.69, 9.17) is 9.47 Å². The van der Waals surface area contributed by atoms with Gasteiger partial charge in [0.25, 0.3) is 0 Å². The molecule has 6 heteroatoms. The summed E-state index contributed by atoms with van der Waals surface area (Å²) in [7, 11) is 3.44. The normalized spacial score (nSPS) is 12.2. The number of nitrogens with zero attached hydrogens (tertiary/aromatic N) is 2. The van der Waals surface area contributed by atoms with Gasteiger partial charge in [-0.05, 0) is 26.8 Å². The maximum atomic E-state index is 11.8. The molecular formula is C14H25N3O3. The van der Waals surface area contributed by atoms with Crippen molar-refractivity contribution < 1.29 is 14.3 Å². The summed E-state index contributed by atoms with van der Waals surface area (Å²) in [4.78, 5) is 11.8. The van der Waals surface area contributed by atoms with Gasteiger partial charge in [0.1, 0.15) is 0 Å². The number of carbonyl (C=O) groups is 1. The van der Waals surface area contributed by atoms with Crippen LogP contribution in [0.3, 0.4) is 0 Å². The van der Waals surface area contributed by atoms with E-state index in [0.29, 0.717) is 12.5 Å². The minimum atomic E-state index is -0.216. The zero-order chi connectivity index (χ0) is 15.1. The Morgan fingerprint density at radius 3 is 2.70 bits per heavy atom. The van der Waals surface area contributed by atoms with E-state index in [9.17, 15) is 4.79 Å². The molecule has 0 saturated heterocycles. The van der Waals surface area contributed by atoms with Crippen LogP contribution in [0.4, 0.5) is 0 Å². The number of esters is 1. The van der Waals surface area contributed by atoms with Crippen LogP contribution < -0.4 is 10.1 Å². The number of rotatable bonds is 8. The molecule has 0 aromatic carbocycles. The van der Waals surface area contributed by atoms with Crippen LogP contribution in [0, 0.1) is 6.92 Å². The van der Waals surface area contributed by atoms with Crippen LogP contribution in [0.5, 0.6) is 5.88 Å². The van der Waals surface area contributed by atoms with E-state index in [-0.39, 0.29) is 18.4 Å². The average Bonchev–Trinajstić information content (AvgIpc) is 2.68. The SMILES string of the molecule is CCCNC(CC(=O)OCC)c1c(C)nn(C)c1OC. The largest absolute Gasteiger partial charge is 0.481 e. The molecule has 0 aliphatic rings. The van der Waals surface area contributed by atoms with E-state index >= 15 is 0 Å². The Morgan fingerprint density at radius 2 is 2.15 bits per heavy atom. The van der Waals surface area contributed by atoms with Crippen molar-refractivity contribution in [2.45, 2.75) is 39.7 Å². The molecular weight excluding hydrogens is 258 g/mol. The van der Waals surface area contributed by atoms with E-state index in [0.717, 1.165) is 24.2 Å². The Bertz CT molecular complexity index is 443. The van der Waals surface area contributed by atoms with Gasteiger partial charge in [-0.2, -0.15) is 5.10 Å². The van der Waals surface area contributed by atoms with Crippen molar-refractivity contribution in [3.05, 3.63) is 11.3 Å². The summed E-state index contributed by atoms with van der Waals surface area (Å²) in [5.41, 5.74) is 1.79. The number of hydrogen-bond donors (Lipinski definition) is 1. The average molecular weight is 283 g/mol. The summed E-state index contributed by atoms with van der Waals surface area (Å²) in [5, 5.41) is 7.73. The monoisotopic (exact) mass is 283 g/mol.